The molecule has 78 valence electrons. The average molecular weight is 184 g/mol. The van der Waals surface area contributed by atoms with Gasteiger partial charge in [-0.25, -0.2) is 0 Å². The maximum absolute atomic E-state index is 5.55. The highest BCUT2D eigenvalue weighted by Gasteiger charge is 2.18. The molecule has 1 atom stereocenters. The standard InChI is InChI=1S/C11H24N2/c1-2-13-10-5-3-4-7-11(13)8-6-9-12/h11H,2-10,12H2,1H3. The summed E-state index contributed by atoms with van der Waals surface area (Å²) < 4.78 is 0. The lowest BCUT2D eigenvalue weighted by Gasteiger charge is -2.28. The molecular weight excluding hydrogens is 160 g/mol. The molecule has 1 aliphatic heterocycles. The molecule has 0 aromatic carbocycles. The zero-order valence-corrected chi connectivity index (χ0v) is 8.97. The second-order valence-corrected chi connectivity index (χ2v) is 4.06. The predicted molar refractivity (Wildman–Crippen MR) is 57.8 cm³/mol. The number of rotatable bonds is 4. The normalized spacial score (nSPS) is 25.8. The van der Waals surface area contributed by atoms with E-state index in [4.69, 9.17) is 5.73 Å². The third-order valence-corrected chi connectivity index (χ3v) is 3.15. The smallest absolute Gasteiger partial charge is 0.00956 e. The molecule has 0 bridgehead atoms. The summed E-state index contributed by atoms with van der Waals surface area (Å²) >= 11 is 0. The van der Waals surface area contributed by atoms with Gasteiger partial charge >= 0.3 is 0 Å². The first-order chi connectivity index (χ1) is 6.38. The number of hydrogen-bond acceptors (Lipinski definition) is 2. The van der Waals surface area contributed by atoms with E-state index in [1.54, 1.807) is 0 Å². The average Bonchev–Trinajstić information content (AvgIpc) is 2.39. The van der Waals surface area contributed by atoms with E-state index in [2.05, 4.69) is 11.8 Å². The van der Waals surface area contributed by atoms with Gasteiger partial charge in [-0.2, -0.15) is 0 Å². The maximum atomic E-state index is 5.55. The molecule has 0 spiro atoms. The third-order valence-electron chi connectivity index (χ3n) is 3.15. The van der Waals surface area contributed by atoms with Crippen LogP contribution in [0.2, 0.25) is 0 Å². The van der Waals surface area contributed by atoms with Gasteiger partial charge in [-0.15, -0.1) is 0 Å². The quantitative estimate of drug-likeness (QED) is 0.724. The van der Waals surface area contributed by atoms with Crippen LogP contribution >= 0.6 is 0 Å². The Morgan fingerprint density at radius 1 is 1.31 bits per heavy atom. The zero-order chi connectivity index (χ0) is 9.52. The minimum Gasteiger partial charge on any atom is -0.330 e. The van der Waals surface area contributed by atoms with Gasteiger partial charge < -0.3 is 10.6 Å². The molecule has 1 heterocycles. The summed E-state index contributed by atoms with van der Waals surface area (Å²) in [6.45, 7) is 5.66. The van der Waals surface area contributed by atoms with Gasteiger partial charge in [0.1, 0.15) is 0 Å². The molecule has 2 heteroatoms. The molecule has 13 heavy (non-hydrogen) atoms. The molecule has 0 radical (unpaired) electrons. The van der Waals surface area contributed by atoms with Gasteiger partial charge in [-0.05, 0) is 45.3 Å². The summed E-state index contributed by atoms with van der Waals surface area (Å²) in [5, 5.41) is 0. The molecule has 0 aromatic rings. The maximum Gasteiger partial charge on any atom is 0.00956 e. The fourth-order valence-electron chi connectivity index (χ4n) is 2.33. The Kier molecular flexibility index (Phi) is 5.40. The van der Waals surface area contributed by atoms with Crippen molar-refractivity contribution in [3.05, 3.63) is 0 Å². The lowest BCUT2D eigenvalue weighted by atomic mass is 10.0. The van der Waals surface area contributed by atoms with Crippen molar-refractivity contribution in [2.75, 3.05) is 19.6 Å². The lowest BCUT2D eigenvalue weighted by molar-refractivity contribution is 0.198. The van der Waals surface area contributed by atoms with Crippen molar-refractivity contribution in [2.24, 2.45) is 5.73 Å². The predicted octanol–water partition coefficient (Wildman–Crippen LogP) is 1.99. The minimum atomic E-state index is 0.830. The van der Waals surface area contributed by atoms with Gasteiger partial charge in [0.05, 0.1) is 0 Å². The Hall–Kier alpha value is -0.0800. The van der Waals surface area contributed by atoms with Gasteiger partial charge in [-0.3, -0.25) is 0 Å². The lowest BCUT2D eigenvalue weighted by Crippen LogP contribution is -2.34. The van der Waals surface area contributed by atoms with E-state index in [1.807, 2.05) is 0 Å². The van der Waals surface area contributed by atoms with E-state index in [0.29, 0.717) is 0 Å². The van der Waals surface area contributed by atoms with Crippen molar-refractivity contribution < 1.29 is 0 Å². The Balaban J connectivity index is 2.34. The fourth-order valence-corrected chi connectivity index (χ4v) is 2.33. The number of nitrogens with zero attached hydrogens (tertiary/aromatic N) is 1. The molecule has 1 saturated heterocycles. The van der Waals surface area contributed by atoms with Gasteiger partial charge in [0.25, 0.3) is 0 Å². The molecule has 1 aliphatic rings. The van der Waals surface area contributed by atoms with Crippen molar-refractivity contribution >= 4 is 0 Å². The molecule has 0 aromatic heterocycles. The summed E-state index contributed by atoms with van der Waals surface area (Å²) in [7, 11) is 0. The number of likely N-dealkylation sites (tertiary alicyclic amines) is 1. The fraction of sp³-hybridized carbons (Fsp3) is 1.00. The van der Waals surface area contributed by atoms with Crippen LogP contribution in [-0.2, 0) is 0 Å². The highest BCUT2D eigenvalue weighted by Crippen LogP contribution is 2.19. The van der Waals surface area contributed by atoms with Crippen LogP contribution in [0.25, 0.3) is 0 Å². The first-order valence-corrected chi connectivity index (χ1v) is 5.82. The van der Waals surface area contributed by atoms with E-state index >= 15 is 0 Å². The van der Waals surface area contributed by atoms with Crippen molar-refractivity contribution in [3.63, 3.8) is 0 Å². The molecular formula is C11H24N2. The molecule has 2 nitrogen and oxygen atoms in total. The van der Waals surface area contributed by atoms with Gasteiger partial charge in [0.2, 0.25) is 0 Å². The van der Waals surface area contributed by atoms with Crippen molar-refractivity contribution in [2.45, 2.75) is 51.5 Å². The van der Waals surface area contributed by atoms with Gasteiger partial charge in [-0.1, -0.05) is 19.8 Å². The summed E-state index contributed by atoms with van der Waals surface area (Å²) in [5.74, 6) is 0. The van der Waals surface area contributed by atoms with Gasteiger partial charge in [0.15, 0.2) is 0 Å². The molecule has 1 unspecified atom stereocenters. The third kappa shape index (κ3) is 3.65. The number of hydrogen-bond donors (Lipinski definition) is 1. The summed E-state index contributed by atoms with van der Waals surface area (Å²) in [6, 6.07) is 0.830. The van der Waals surface area contributed by atoms with E-state index in [9.17, 15) is 0 Å². The van der Waals surface area contributed by atoms with Crippen LogP contribution in [0.4, 0.5) is 0 Å². The van der Waals surface area contributed by atoms with Gasteiger partial charge in [0, 0.05) is 6.04 Å². The van der Waals surface area contributed by atoms with Crippen molar-refractivity contribution in [1.29, 1.82) is 0 Å². The Morgan fingerprint density at radius 2 is 2.15 bits per heavy atom. The second-order valence-electron chi connectivity index (χ2n) is 4.06. The minimum absolute atomic E-state index is 0.830. The van der Waals surface area contributed by atoms with Crippen LogP contribution in [0.15, 0.2) is 0 Å². The molecule has 1 rings (SSSR count). The Bertz CT molecular complexity index is 125. The molecule has 0 saturated carbocycles. The first-order valence-electron chi connectivity index (χ1n) is 5.82. The second kappa shape index (κ2) is 6.39. The highest BCUT2D eigenvalue weighted by molar-refractivity contribution is 4.74. The molecule has 0 amide bonds. The first kappa shape index (κ1) is 11.0. The van der Waals surface area contributed by atoms with Crippen LogP contribution in [0.3, 0.4) is 0 Å². The van der Waals surface area contributed by atoms with Crippen molar-refractivity contribution in [3.8, 4) is 0 Å². The Labute approximate surface area is 82.5 Å². The topological polar surface area (TPSA) is 29.3 Å². The monoisotopic (exact) mass is 184 g/mol. The summed E-state index contributed by atoms with van der Waals surface area (Å²) in [4.78, 5) is 2.64. The van der Waals surface area contributed by atoms with E-state index in [1.165, 1.54) is 51.6 Å². The van der Waals surface area contributed by atoms with Crippen LogP contribution in [0.1, 0.15) is 45.4 Å². The van der Waals surface area contributed by atoms with E-state index < -0.39 is 0 Å². The highest BCUT2D eigenvalue weighted by atomic mass is 15.1. The zero-order valence-electron chi connectivity index (χ0n) is 8.97. The van der Waals surface area contributed by atoms with Crippen LogP contribution in [-0.4, -0.2) is 30.6 Å². The summed E-state index contributed by atoms with van der Waals surface area (Å²) in [5.41, 5.74) is 5.55. The van der Waals surface area contributed by atoms with E-state index in [0.717, 1.165) is 12.6 Å². The van der Waals surface area contributed by atoms with Crippen LogP contribution < -0.4 is 5.73 Å². The Morgan fingerprint density at radius 3 is 2.85 bits per heavy atom. The van der Waals surface area contributed by atoms with E-state index in [-0.39, 0.29) is 0 Å². The molecule has 2 N–H and O–H groups in total. The molecule has 1 fully saturated rings. The van der Waals surface area contributed by atoms with Crippen LogP contribution in [0, 0.1) is 0 Å². The summed E-state index contributed by atoms with van der Waals surface area (Å²) in [6.07, 6.45) is 8.15. The largest absolute Gasteiger partial charge is 0.330 e. The van der Waals surface area contributed by atoms with Crippen molar-refractivity contribution in [1.82, 2.24) is 4.90 Å². The number of nitrogens with two attached hydrogens (primary N) is 1. The molecule has 0 aliphatic carbocycles. The SMILES string of the molecule is CCN1CCCCCC1CCCN. The van der Waals surface area contributed by atoms with Crippen LogP contribution in [0.5, 0.6) is 0 Å².